The van der Waals surface area contributed by atoms with Crippen LogP contribution in [0.4, 0.5) is 0 Å². The van der Waals surface area contributed by atoms with E-state index in [1.165, 1.54) is 16.8 Å². The minimum absolute atomic E-state index is 0.263. The summed E-state index contributed by atoms with van der Waals surface area (Å²) in [5.74, 6) is 1.39. The predicted octanol–water partition coefficient (Wildman–Crippen LogP) is 1.35. The van der Waals surface area contributed by atoms with Gasteiger partial charge in [-0.15, -0.1) is 0 Å². The van der Waals surface area contributed by atoms with Gasteiger partial charge < -0.3 is 19.5 Å². The molecule has 0 saturated carbocycles. The fourth-order valence-corrected chi connectivity index (χ4v) is 4.43. The molecule has 0 bridgehead atoms. The monoisotopic (exact) mass is 429 g/mol. The quantitative estimate of drug-likeness (QED) is 0.623. The van der Waals surface area contributed by atoms with Crippen LogP contribution in [0.5, 0.6) is 11.5 Å². The van der Waals surface area contributed by atoms with Gasteiger partial charge in [0.1, 0.15) is 12.7 Å². The lowest BCUT2D eigenvalue weighted by molar-refractivity contribution is 0.0464. The molecule has 2 aromatic rings. The second kappa shape index (κ2) is 10.5. The highest BCUT2D eigenvalue weighted by molar-refractivity contribution is 5.43. The Bertz CT molecular complexity index is 834. The number of aliphatic hydroxyl groups excluding tert-OH is 1. The highest BCUT2D eigenvalue weighted by atomic mass is 16.5. The fourth-order valence-electron chi connectivity index (χ4n) is 4.43. The highest BCUT2D eigenvalue weighted by Gasteiger charge is 2.20. The van der Waals surface area contributed by atoms with Crippen LogP contribution in [0.1, 0.15) is 23.7 Å². The zero-order chi connectivity index (χ0) is 21.6. The largest absolute Gasteiger partial charge is 0.493 e. The van der Waals surface area contributed by atoms with Gasteiger partial charge in [0.15, 0.2) is 11.5 Å². The Morgan fingerprint density at radius 1 is 1.10 bits per heavy atom. The van der Waals surface area contributed by atoms with Crippen molar-refractivity contribution in [1.82, 2.24) is 24.9 Å². The van der Waals surface area contributed by atoms with Crippen LogP contribution in [0, 0.1) is 0 Å². The number of likely N-dealkylation sites (N-methyl/N-ethyl adjacent to an activating group) is 1. The van der Waals surface area contributed by atoms with Crippen molar-refractivity contribution >= 4 is 0 Å². The van der Waals surface area contributed by atoms with Crippen LogP contribution in [0.25, 0.3) is 0 Å². The SMILES string of the molecule is CCN1CCN(CC(O)COc2ccc(CN3CCc4[nH]ncc4C3)cc2OC)CC1. The van der Waals surface area contributed by atoms with E-state index in [1.54, 1.807) is 7.11 Å². The van der Waals surface area contributed by atoms with Crippen molar-refractivity contribution in [2.75, 3.05) is 59.5 Å². The Morgan fingerprint density at radius 3 is 2.68 bits per heavy atom. The molecule has 0 spiro atoms. The second-order valence-electron chi connectivity index (χ2n) is 8.52. The van der Waals surface area contributed by atoms with Crippen LogP contribution in [0.3, 0.4) is 0 Å². The Labute approximate surface area is 184 Å². The molecule has 170 valence electrons. The number of piperazine rings is 1. The van der Waals surface area contributed by atoms with Gasteiger partial charge in [0, 0.05) is 70.0 Å². The number of fused-ring (bicyclic) bond motifs is 1. The number of nitrogens with zero attached hydrogens (tertiary/aromatic N) is 4. The summed E-state index contributed by atoms with van der Waals surface area (Å²) in [4.78, 5) is 7.16. The first-order valence-corrected chi connectivity index (χ1v) is 11.3. The lowest BCUT2D eigenvalue weighted by Crippen LogP contribution is -2.49. The first kappa shape index (κ1) is 22.1. The van der Waals surface area contributed by atoms with Crippen LogP contribution in [0.2, 0.25) is 0 Å². The van der Waals surface area contributed by atoms with Gasteiger partial charge in [-0.2, -0.15) is 5.10 Å². The first-order chi connectivity index (χ1) is 15.1. The Balaban J connectivity index is 1.27. The average Bonchev–Trinajstić information content (AvgIpc) is 3.26. The molecule has 31 heavy (non-hydrogen) atoms. The molecule has 0 amide bonds. The second-order valence-corrected chi connectivity index (χ2v) is 8.52. The van der Waals surface area contributed by atoms with Gasteiger partial charge in [0.2, 0.25) is 0 Å². The lowest BCUT2D eigenvalue weighted by atomic mass is 10.1. The van der Waals surface area contributed by atoms with Crippen molar-refractivity contribution in [2.45, 2.75) is 32.5 Å². The molecular weight excluding hydrogens is 394 g/mol. The van der Waals surface area contributed by atoms with Crippen molar-refractivity contribution in [3.8, 4) is 11.5 Å². The molecule has 1 saturated heterocycles. The van der Waals surface area contributed by atoms with Gasteiger partial charge in [0.05, 0.1) is 13.3 Å². The van der Waals surface area contributed by atoms with Crippen LogP contribution in [-0.2, 0) is 19.5 Å². The van der Waals surface area contributed by atoms with Crippen LogP contribution in [0.15, 0.2) is 24.4 Å². The first-order valence-electron chi connectivity index (χ1n) is 11.3. The molecule has 1 aromatic heterocycles. The van der Waals surface area contributed by atoms with Crippen molar-refractivity contribution in [3.63, 3.8) is 0 Å². The standard InChI is InChI=1S/C23H35N5O3/c1-3-26-8-10-27(11-9-26)16-20(29)17-31-22-5-4-18(12-23(22)30-2)14-28-7-6-21-19(15-28)13-24-25-21/h4-5,12-13,20,29H,3,6-11,14-17H2,1-2H3,(H,24,25). The maximum Gasteiger partial charge on any atom is 0.161 e. The smallest absolute Gasteiger partial charge is 0.161 e. The van der Waals surface area contributed by atoms with Crippen LogP contribution >= 0.6 is 0 Å². The number of β-amino-alcohol motifs (C(OH)–C–C–N with tert-alkyl or cyclic N) is 1. The molecule has 1 aromatic carbocycles. The van der Waals surface area contributed by atoms with Gasteiger partial charge in [-0.05, 0) is 24.2 Å². The summed E-state index contributed by atoms with van der Waals surface area (Å²) in [7, 11) is 1.66. The fraction of sp³-hybridized carbons (Fsp3) is 0.609. The molecule has 4 rings (SSSR count). The number of aromatic nitrogens is 2. The average molecular weight is 430 g/mol. The number of rotatable bonds is 9. The number of ether oxygens (including phenoxy) is 2. The number of hydrogen-bond acceptors (Lipinski definition) is 7. The van der Waals surface area contributed by atoms with E-state index >= 15 is 0 Å². The highest BCUT2D eigenvalue weighted by Crippen LogP contribution is 2.29. The van der Waals surface area contributed by atoms with E-state index in [0.717, 1.165) is 58.8 Å². The zero-order valence-electron chi connectivity index (χ0n) is 18.7. The number of benzene rings is 1. The van der Waals surface area contributed by atoms with Crippen molar-refractivity contribution < 1.29 is 14.6 Å². The lowest BCUT2D eigenvalue weighted by Gasteiger charge is -2.34. The maximum atomic E-state index is 10.4. The van der Waals surface area contributed by atoms with E-state index in [1.807, 2.05) is 18.3 Å². The summed E-state index contributed by atoms with van der Waals surface area (Å²) in [6, 6.07) is 6.07. The molecular formula is C23H35N5O3. The summed E-state index contributed by atoms with van der Waals surface area (Å²) in [5, 5.41) is 17.7. The molecule has 3 heterocycles. The van der Waals surface area contributed by atoms with Crippen molar-refractivity contribution in [3.05, 3.63) is 41.2 Å². The number of H-pyrrole nitrogens is 1. The molecule has 2 aliphatic rings. The summed E-state index contributed by atoms with van der Waals surface area (Å²) >= 11 is 0. The van der Waals surface area contributed by atoms with Crippen LogP contribution in [-0.4, -0.2) is 95.6 Å². The summed E-state index contributed by atoms with van der Waals surface area (Å²) in [6.45, 7) is 11.1. The molecule has 2 N–H and O–H groups in total. The van der Waals surface area contributed by atoms with Gasteiger partial charge in [-0.1, -0.05) is 13.0 Å². The van der Waals surface area contributed by atoms with Gasteiger partial charge in [0.25, 0.3) is 0 Å². The normalized spacial score (nSPS) is 19.2. The van der Waals surface area contributed by atoms with Gasteiger partial charge in [-0.3, -0.25) is 14.9 Å². The zero-order valence-corrected chi connectivity index (χ0v) is 18.7. The molecule has 8 nitrogen and oxygen atoms in total. The molecule has 0 radical (unpaired) electrons. The maximum absolute atomic E-state index is 10.4. The van der Waals surface area contributed by atoms with E-state index in [9.17, 15) is 5.11 Å². The van der Waals surface area contributed by atoms with Gasteiger partial charge >= 0.3 is 0 Å². The molecule has 0 aliphatic carbocycles. The Hall–Kier alpha value is -2.13. The summed E-state index contributed by atoms with van der Waals surface area (Å²) in [5.41, 5.74) is 3.72. The van der Waals surface area contributed by atoms with E-state index in [0.29, 0.717) is 18.0 Å². The third-order valence-corrected chi connectivity index (χ3v) is 6.33. The summed E-state index contributed by atoms with van der Waals surface area (Å²) in [6.07, 6.45) is 2.41. The number of nitrogens with one attached hydrogen (secondary N) is 1. The third-order valence-electron chi connectivity index (χ3n) is 6.33. The Kier molecular flexibility index (Phi) is 7.45. The number of methoxy groups -OCH3 is 1. The van der Waals surface area contributed by atoms with Gasteiger partial charge in [-0.25, -0.2) is 0 Å². The number of aromatic amines is 1. The molecule has 1 atom stereocenters. The number of hydrogen-bond donors (Lipinski definition) is 2. The van der Waals surface area contributed by atoms with Crippen LogP contribution < -0.4 is 9.47 Å². The van der Waals surface area contributed by atoms with Crippen molar-refractivity contribution in [2.24, 2.45) is 0 Å². The van der Waals surface area contributed by atoms with E-state index < -0.39 is 6.10 Å². The topological polar surface area (TPSA) is 77.1 Å². The van der Waals surface area contributed by atoms with E-state index in [2.05, 4.69) is 37.9 Å². The minimum Gasteiger partial charge on any atom is -0.493 e. The Morgan fingerprint density at radius 2 is 1.90 bits per heavy atom. The number of aliphatic hydroxyl groups is 1. The minimum atomic E-state index is -0.518. The molecule has 1 unspecified atom stereocenters. The third kappa shape index (κ3) is 5.77. The predicted molar refractivity (Wildman–Crippen MR) is 119 cm³/mol. The van der Waals surface area contributed by atoms with Crippen molar-refractivity contribution in [1.29, 1.82) is 0 Å². The molecule has 1 fully saturated rings. The van der Waals surface area contributed by atoms with E-state index in [-0.39, 0.29) is 6.61 Å². The molecule has 2 aliphatic heterocycles. The van der Waals surface area contributed by atoms with E-state index in [4.69, 9.17) is 9.47 Å². The molecule has 8 heteroatoms. The summed E-state index contributed by atoms with van der Waals surface area (Å²) < 4.78 is 11.5.